The third-order valence-corrected chi connectivity index (χ3v) is 6.53. The molecule has 8 heteroatoms. The Morgan fingerprint density at radius 2 is 1.81 bits per heavy atom. The van der Waals surface area contributed by atoms with Crippen LogP contribution in [0.25, 0.3) is 0 Å². The molecule has 1 aliphatic carbocycles. The van der Waals surface area contributed by atoms with Crippen LogP contribution in [0.15, 0.2) is 63.6 Å². The fourth-order valence-corrected chi connectivity index (χ4v) is 4.70. The van der Waals surface area contributed by atoms with Crippen molar-refractivity contribution in [3.8, 4) is 0 Å². The maximum atomic E-state index is 13.8. The minimum Gasteiger partial charge on any atom is -0.464 e. The molecule has 0 unspecified atom stereocenters. The minimum atomic E-state index is -1.03. The Hall–Kier alpha value is -3.81. The maximum Gasteiger partial charge on any atom is 0.287 e. The van der Waals surface area contributed by atoms with E-state index in [0.29, 0.717) is 23.6 Å². The number of amides is 3. The van der Waals surface area contributed by atoms with Gasteiger partial charge < -0.3 is 19.5 Å². The first kappa shape index (κ1) is 25.3. The molecule has 0 aliphatic heterocycles. The normalized spacial score (nSPS) is 14.7. The monoisotopic (exact) mass is 491 g/mol. The van der Waals surface area contributed by atoms with Crippen LogP contribution in [0.1, 0.15) is 72.7 Å². The van der Waals surface area contributed by atoms with E-state index in [9.17, 15) is 14.4 Å². The first-order valence-electron chi connectivity index (χ1n) is 12.6. The zero-order chi connectivity index (χ0) is 25.5. The third kappa shape index (κ3) is 5.87. The van der Waals surface area contributed by atoms with Gasteiger partial charge in [0.05, 0.1) is 12.8 Å². The Labute approximate surface area is 211 Å². The maximum absolute atomic E-state index is 13.8. The summed E-state index contributed by atoms with van der Waals surface area (Å²) in [5, 5.41) is 5.78. The van der Waals surface area contributed by atoms with E-state index in [1.165, 1.54) is 17.2 Å². The van der Waals surface area contributed by atoms with Gasteiger partial charge >= 0.3 is 0 Å². The second kappa shape index (κ2) is 11.7. The summed E-state index contributed by atoms with van der Waals surface area (Å²) in [5.41, 5.74) is 1.51. The molecule has 1 aliphatic rings. The summed E-state index contributed by atoms with van der Waals surface area (Å²) in [4.78, 5) is 41.5. The number of anilines is 1. The lowest BCUT2D eigenvalue weighted by Gasteiger charge is -2.33. The largest absolute Gasteiger partial charge is 0.464 e. The van der Waals surface area contributed by atoms with Crippen molar-refractivity contribution in [2.75, 3.05) is 11.4 Å². The van der Waals surface area contributed by atoms with Crippen LogP contribution < -0.4 is 15.5 Å². The average Bonchev–Trinajstić information content (AvgIpc) is 3.58. The number of carbonyl (C=O) groups excluding carboxylic acids is 3. The fourth-order valence-electron chi connectivity index (χ4n) is 4.70. The molecule has 2 heterocycles. The highest BCUT2D eigenvalue weighted by atomic mass is 16.3. The predicted octanol–water partition coefficient (Wildman–Crippen LogP) is 4.70. The van der Waals surface area contributed by atoms with Gasteiger partial charge in [-0.15, -0.1) is 0 Å². The first-order chi connectivity index (χ1) is 17.5. The van der Waals surface area contributed by atoms with Crippen molar-refractivity contribution in [3.63, 3.8) is 0 Å². The molecule has 1 fully saturated rings. The zero-order valence-electron chi connectivity index (χ0n) is 20.8. The Bertz CT molecular complexity index is 1180. The van der Waals surface area contributed by atoms with Gasteiger partial charge in [0.2, 0.25) is 5.91 Å². The highest BCUT2D eigenvalue weighted by Gasteiger charge is 2.37. The number of rotatable bonds is 9. The van der Waals surface area contributed by atoms with Crippen LogP contribution in [0.5, 0.6) is 0 Å². The van der Waals surface area contributed by atoms with Crippen molar-refractivity contribution in [1.82, 2.24) is 10.6 Å². The molecule has 0 saturated heterocycles. The van der Waals surface area contributed by atoms with Crippen molar-refractivity contribution in [2.45, 2.75) is 64.5 Å². The molecule has 2 N–H and O–H groups in total. The highest BCUT2D eigenvalue weighted by Crippen LogP contribution is 2.32. The Morgan fingerprint density at radius 3 is 2.47 bits per heavy atom. The number of hydrogen-bond donors (Lipinski definition) is 2. The number of aryl methyl sites for hydroxylation is 2. The minimum absolute atomic E-state index is 0.0573. The molecular weight excluding hydrogens is 458 g/mol. The number of furan rings is 2. The van der Waals surface area contributed by atoms with Crippen LogP contribution in [0.2, 0.25) is 0 Å². The van der Waals surface area contributed by atoms with Crippen LogP contribution in [0.4, 0.5) is 5.69 Å². The summed E-state index contributed by atoms with van der Waals surface area (Å²) in [6.45, 7) is 3.48. The van der Waals surface area contributed by atoms with Gasteiger partial charge in [0, 0.05) is 11.7 Å². The molecule has 190 valence electrons. The van der Waals surface area contributed by atoms with Gasteiger partial charge in [-0.2, -0.15) is 0 Å². The van der Waals surface area contributed by atoms with Crippen LogP contribution in [0, 0.1) is 6.92 Å². The lowest BCUT2D eigenvalue weighted by molar-refractivity contribution is -0.127. The molecule has 3 amide bonds. The molecule has 1 saturated carbocycles. The first-order valence-corrected chi connectivity index (χ1v) is 12.6. The van der Waals surface area contributed by atoms with Gasteiger partial charge in [-0.3, -0.25) is 19.3 Å². The smallest absolute Gasteiger partial charge is 0.287 e. The zero-order valence-corrected chi connectivity index (χ0v) is 20.8. The number of benzene rings is 1. The van der Waals surface area contributed by atoms with Gasteiger partial charge in [-0.25, -0.2) is 0 Å². The standard InChI is InChI=1S/C28H33N3O5/c1-3-20-10-7-8-13-22(20)31(25(32)18-29-27(33)24-14-9-17-35-24)26(23-16-15-19(2)36-23)28(34)30-21-11-5-4-6-12-21/h7-10,13-17,21,26H,3-6,11-12,18H2,1-2H3,(H,29,33)(H,30,34)/t26-/m1/s1. The van der Waals surface area contributed by atoms with Crippen molar-refractivity contribution < 1.29 is 23.2 Å². The van der Waals surface area contributed by atoms with Crippen LogP contribution in [-0.4, -0.2) is 30.3 Å². The summed E-state index contributed by atoms with van der Waals surface area (Å²) in [5.74, 6) is -0.118. The molecule has 8 nitrogen and oxygen atoms in total. The summed E-state index contributed by atoms with van der Waals surface area (Å²) >= 11 is 0. The quantitative estimate of drug-likeness (QED) is 0.452. The summed E-state index contributed by atoms with van der Waals surface area (Å²) in [6.07, 6.45) is 7.17. The van der Waals surface area contributed by atoms with Crippen molar-refractivity contribution in [2.24, 2.45) is 0 Å². The number of carbonyl (C=O) groups is 3. The number of para-hydroxylation sites is 1. The van der Waals surface area contributed by atoms with Gasteiger partial charge in [0.1, 0.15) is 11.5 Å². The van der Waals surface area contributed by atoms with Crippen molar-refractivity contribution in [3.05, 3.63) is 77.6 Å². The number of nitrogens with zero attached hydrogens (tertiary/aromatic N) is 1. The van der Waals surface area contributed by atoms with E-state index in [1.807, 2.05) is 31.2 Å². The summed E-state index contributed by atoms with van der Waals surface area (Å²) in [7, 11) is 0. The lowest BCUT2D eigenvalue weighted by atomic mass is 9.95. The van der Waals surface area contributed by atoms with Crippen molar-refractivity contribution in [1.29, 1.82) is 0 Å². The molecule has 0 bridgehead atoms. The van der Waals surface area contributed by atoms with E-state index in [0.717, 1.165) is 37.7 Å². The molecule has 36 heavy (non-hydrogen) atoms. The summed E-state index contributed by atoms with van der Waals surface area (Å²) < 4.78 is 11.0. The average molecular weight is 492 g/mol. The molecular formula is C28H33N3O5. The molecule has 1 atom stereocenters. The molecule has 0 radical (unpaired) electrons. The number of hydrogen-bond acceptors (Lipinski definition) is 5. The highest BCUT2D eigenvalue weighted by molar-refractivity contribution is 6.04. The summed E-state index contributed by atoms with van der Waals surface area (Å²) in [6, 6.07) is 13.2. The Morgan fingerprint density at radius 1 is 1.03 bits per heavy atom. The molecule has 2 aromatic heterocycles. The van der Waals surface area contributed by atoms with E-state index >= 15 is 0 Å². The van der Waals surface area contributed by atoms with E-state index in [1.54, 1.807) is 25.1 Å². The molecule has 1 aromatic carbocycles. The molecule has 4 rings (SSSR count). The molecule has 3 aromatic rings. The van der Waals surface area contributed by atoms with Crippen LogP contribution in [0.3, 0.4) is 0 Å². The van der Waals surface area contributed by atoms with Crippen LogP contribution in [-0.2, 0) is 16.0 Å². The van der Waals surface area contributed by atoms with E-state index in [-0.39, 0.29) is 24.3 Å². The Kier molecular flexibility index (Phi) is 8.25. The molecule has 0 spiro atoms. The van der Waals surface area contributed by atoms with E-state index in [2.05, 4.69) is 10.6 Å². The Balaban J connectivity index is 1.69. The van der Waals surface area contributed by atoms with Crippen LogP contribution >= 0.6 is 0 Å². The van der Waals surface area contributed by atoms with Gasteiger partial charge in [-0.05, 0) is 62.1 Å². The van der Waals surface area contributed by atoms with Gasteiger partial charge in [0.25, 0.3) is 11.8 Å². The van der Waals surface area contributed by atoms with Gasteiger partial charge in [0.15, 0.2) is 11.8 Å². The SMILES string of the molecule is CCc1ccccc1N(C(=O)CNC(=O)c1ccco1)[C@@H](C(=O)NC1CCCCC1)c1ccc(C)o1. The van der Waals surface area contributed by atoms with Gasteiger partial charge in [-0.1, -0.05) is 44.4 Å². The predicted molar refractivity (Wildman–Crippen MR) is 136 cm³/mol. The van der Waals surface area contributed by atoms with Crippen molar-refractivity contribution >= 4 is 23.4 Å². The van der Waals surface area contributed by atoms with E-state index < -0.39 is 17.9 Å². The second-order valence-corrected chi connectivity index (χ2v) is 9.10. The fraction of sp³-hybridized carbons (Fsp3) is 0.393. The lowest BCUT2D eigenvalue weighted by Crippen LogP contribution is -2.49. The topological polar surface area (TPSA) is 105 Å². The number of nitrogens with one attached hydrogen (secondary N) is 2. The third-order valence-electron chi connectivity index (χ3n) is 6.53. The van der Waals surface area contributed by atoms with E-state index in [4.69, 9.17) is 8.83 Å². The second-order valence-electron chi connectivity index (χ2n) is 9.10.